The fourth-order valence-electron chi connectivity index (χ4n) is 2.56. The normalized spacial score (nSPS) is 16.4. The van der Waals surface area contributed by atoms with Crippen LogP contribution < -0.4 is 10.2 Å². The lowest BCUT2D eigenvalue weighted by Gasteiger charge is -2.36. The molecule has 9 heteroatoms. The first-order valence-corrected chi connectivity index (χ1v) is 7.78. The van der Waals surface area contributed by atoms with Crippen LogP contribution in [0.5, 0.6) is 0 Å². The minimum atomic E-state index is -4.39. The zero-order valence-electron chi connectivity index (χ0n) is 14.0. The summed E-state index contributed by atoms with van der Waals surface area (Å²) in [5.41, 5.74) is -0.227. The number of rotatable bonds is 3. The van der Waals surface area contributed by atoms with Gasteiger partial charge < -0.3 is 19.9 Å². The zero-order chi connectivity index (χ0) is 18.6. The Bertz CT molecular complexity index is 629. The van der Waals surface area contributed by atoms with E-state index in [1.807, 2.05) is 0 Å². The van der Waals surface area contributed by atoms with Crippen molar-refractivity contribution in [3.05, 3.63) is 29.8 Å². The van der Waals surface area contributed by atoms with E-state index in [1.54, 1.807) is 11.0 Å². The van der Waals surface area contributed by atoms with Gasteiger partial charge in [-0.1, -0.05) is 6.07 Å². The van der Waals surface area contributed by atoms with E-state index >= 15 is 0 Å². The summed E-state index contributed by atoms with van der Waals surface area (Å²) >= 11 is 0. The van der Waals surface area contributed by atoms with Crippen LogP contribution in [0.3, 0.4) is 0 Å². The fraction of sp³-hybridized carbons (Fsp3) is 0.500. The maximum Gasteiger partial charge on any atom is 0.416 e. The number of alkyl halides is 3. The summed E-state index contributed by atoms with van der Waals surface area (Å²) in [4.78, 5) is 26.7. The van der Waals surface area contributed by atoms with Gasteiger partial charge in [-0.25, -0.2) is 9.59 Å². The molecule has 2 amide bonds. The van der Waals surface area contributed by atoms with E-state index in [0.717, 1.165) is 12.1 Å². The molecular formula is C16H20F3N3O3. The minimum Gasteiger partial charge on any atom is -0.467 e. The van der Waals surface area contributed by atoms with Gasteiger partial charge in [-0.2, -0.15) is 13.2 Å². The molecular weight excluding hydrogens is 339 g/mol. The van der Waals surface area contributed by atoms with Crippen molar-refractivity contribution in [2.24, 2.45) is 0 Å². The van der Waals surface area contributed by atoms with Gasteiger partial charge in [0.25, 0.3) is 0 Å². The summed E-state index contributed by atoms with van der Waals surface area (Å²) in [5.74, 6) is -0.545. The molecule has 0 aromatic heterocycles. The van der Waals surface area contributed by atoms with Crippen molar-refractivity contribution in [1.82, 2.24) is 10.2 Å². The topological polar surface area (TPSA) is 61.9 Å². The van der Waals surface area contributed by atoms with Crippen LogP contribution in [0, 0.1) is 0 Å². The van der Waals surface area contributed by atoms with Crippen LogP contribution in [0.25, 0.3) is 0 Å². The summed E-state index contributed by atoms with van der Waals surface area (Å²) in [6.07, 6.45) is -4.39. The van der Waals surface area contributed by atoms with Gasteiger partial charge in [0.1, 0.15) is 6.04 Å². The zero-order valence-corrected chi connectivity index (χ0v) is 14.0. The number of ether oxygens (including phenoxy) is 1. The molecule has 0 saturated carbocycles. The van der Waals surface area contributed by atoms with Crippen molar-refractivity contribution in [1.29, 1.82) is 0 Å². The molecule has 1 fully saturated rings. The number of carbonyl (C=O) groups is 2. The molecule has 138 valence electrons. The number of anilines is 1. The van der Waals surface area contributed by atoms with Gasteiger partial charge in [0.05, 0.1) is 12.7 Å². The Hall–Kier alpha value is -2.45. The third-order valence-corrected chi connectivity index (χ3v) is 4.00. The molecule has 1 aromatic rings. The summed E-state index contributed by atoms with van der Waals surface area (Å²) in [6, 6.07) is 3.95. The third kappa shape index (κ3) is 4.77. The Morgan fingerprint density at radius 3 is 2.40 bits per heavy atom. The van der Waals surface area contributed by atoms with Gasteiger partial charge in [-0.3, -0.25) is 0 Å². The van der Waals surface area contributed by atoms with Crippen LogP contribution in [-0.2, 0) is 15.7 Å². The van der Waals surface area contributed by atoms with Crippen molar-refractivity contribution >= 4 is 17.7 Å². The Labute approximate surface area is 143 Å². The molecule has 25 heavy (non-hydrogen) atoms. The van der Waals surface area contributed by atoms with Crippen molar-refractivity contribution in [3.8, 4) is 0 Å². The van der Waals surface area contributed by atoms with Crippen molar-refractivity contribution < 1.29 is 27.5 Å². The molecule has 1 aliphatic heterocycles. The maximum absolute atomic E-state index is 12.8. The summed E-state index contributed by atoms with van der Waals surface area (Å²) < 4.78 is 42.9. The molecule has 1 saturated heterocycles. The van der Waals surface area contributed by atoms with Gasteiger partial charge >= 0.3 is 18.2 Å². The summed E-state index contributed by atoms with van der Waals surface area (Å²) in [6.45, 7) is 3.01. The molecule has 0 bridgehead atoms. The van der Waals surface area contributed by atoms with Crippen LogP contribution >= 0.6 is 0 Å². The van der Waals surface area contributed by atoms with E-state index < -0.39 is 29.8 Å². The summed E-state index contributed by atoms with van der Waals surface area (Å²) in [7, 11) is 1.23. The number of nitrogens with one attached hydrogen (secondary N) is 1. The molecule has 0 radical (unpaired) electrons. The lowest BCUT2D eigenvalue weighted by Crippen LogP contribution is -2.54. The van der Waals surface area contributed by atoms with Crippen LogP contribution in [0.15, 0.2) is 24.3 Å². The number of urea groups is 1. The van der Waals surface area contributed by atoms with E-state index in [9.17, 15) is 22.8 Å². The highest BCUT2D eigenvalue weighted by Crippen LogP contribution is 2.31. The number of carbonyl (C=O) groups excluding carboxylic acids is 2. The second-order valence-corrected chi connectivity index (χ2v) is 5.72. The van der Waals surface area contributed by atoms with Gasteiger partial charge in [-0.15, -0.1) is 0 Å². The molecule has 2 rings (SSSR count). The van der Waals surface area contributed by atoms with E-state index in [4.69, 9.17) is 0 Å². The molecule has 6 nitrogen and oxygen atoms in total. The fourth-order valence-corrected chi connectivity index (χ4v) is 2.56. The average Bonchev–Trinajstić information content (AvgIpc) is 2.60. The van der Waals surface area contributed by atoms with Gasteiger partial charge in [0.15, 0.2) is 0 Å². The van der Waals surface area contributed by atoms with Gasteiger partial charge in [0.2, 0.25) is 0 Å². The van der Waals surface area contributed by atoms with Crippen LogP contribution in [0.4, 0.5) is 23.7 Å². The highest BCUT2D eigenvalue weighted by molar-refractivity contribution is 5.83. The highest BCUT2D eigenvalue weighted by Gasteiger charge is 2.31. The number of piperazine rings is 1. The molecule has 1 atom stereocenters. The Morgan fingerprint density at radius 1 is 1.20 bits per heavy atom. The maximum atomic E-state index is 12.8. The van der Waals surface area contributed by atoms with Crippen molar-refractivity contribution in [2.45, 2.75) is 19.1 Å². The second-order valence-electron chi connectivity index (χ2n) is 5.72. The van der Waals surface area contributed by atoms with E-state index in [1.165, 1.54) is 25.0 Å². The molecule has 1 aromatic carbocycles. The number of benzene rings is 1. The first kappa shape index (κ1) is 18.9. The lowest BCUT2D eigenvalue weighted by molar-refractivity contribution is -0.142. The number of halogens is 3. The molecule has 0 spiro atoms. The van der Waals surface area contributed by atoms with Crippen LogP contribution in [0.2, 0.25) is 0 Å². The number of hydrogen-bond acceptors (Lipinski definition) is 4. The van der Waals surface area contributed by atoms with Crippen LogP contribution in [-0.4, -0.2) is 56.2 Å². The van der Waals surface area contributed by atoms with E-state index in [-0.39, 0.29) is 0 Å². The first-order chi connectivity index (χ1) is 11.7. The average molecular weight is 359 g/mol. The number of nitrogens with zero attached hydrogens (tertiary/aromatic N) is 2. The molecule has 1 unspecified atom stereocenters. The number of methoxy groups -OCH3 is 1. The molecule has 1 aliphatic rings. The van der Waals surface area contributed by atoms with Crippen LogP contribution in [0.1, 0.15) is 12.5 Å². The first-order valence-electron chi connectivity index (χ1n) is 7.78. The predicted octanol–water partition coefficient (Wildman–Crippen LogP) is 2.10. The SMILES string of the molecule is COC(=O)C(C)NC(=O)N1CCN(c2cccc(C(F)(F)F)c2)CC1. The predicted molar refractivity (Wildman–Crippen MR) is 85.2 cm³/mol. The van der Waals surface area contributed by atoms with Crippen molar-refractivity contribution in [3.63, 3.8) is 0 Å². The Morgan fingerprint density at radius 2 is 1.84 bits per heavy atom. The number of amides is 2. The smallest absolute Gasteiger partial charge is 0.416 e. The molecule has 1 heterocycles. The van der Waals surface area contributed by atoms with Gasteiger partial charge in [0, 0.05) is 31.9 Å². The highest BCUT2D eigenvalue weighted by atomic mass is 19.4. The van der Waals surface area contributed by atoms with Gasteiger partial charge in [-0.05, 0) is 25.1 Å². The number of esters is 1. The lowest BCUT2D eigenvalue weighted by atomic mass is 10.1. The molecule has 0 aliphatic carbocycles. The van der Waals surface area contributed by atoms with E-state index in [2.05, 4.69) is 10.1 Å². The monoisotopic (exact) mass is 359 g/mol. The Kier molecular flexibility index (Phi) is 5.76. The second kappa shape index (κ2) is 7.62. The van der Waals surface area contributed by atoms with E-state index in [0.29, 0.717) is 31.9 Å². The third-order valence-electron chi connectivity index (χ3n) is 4.00. The standard InChI is InChI=1S/C16H20F3N3O3/c1-11(14(23)25-2)20-15(24)22-8-6-21(7-9-22)13-5-3-4-12(10-13)16(17,18)19/h3-5,10-11H,6-9H2,1-2H3,(H,20,24). The van der Waals surface area contributed by atoms with Crippen molar-refractivity contribution in [2.75, 3.05) is 38.2 Å². The summed E-state index contributed by atoms with van der Waals surface area (Å²) in [5, 5.41) is 2.53. The number of hydrogen-bond donors (Lipinski definition) is 1. The largest absolute Gasteiger partial charge is 0.467 e. The quantitative estimate of drug-likeness (QED) is 0.840. The molecule has 1 N–H and O–H groups in total. The minimum absolute atomic E-state index is 0.343. The Balaban J connectivity index is 1.93.